The summed E-state index contributed by atoms with van der Waals surface area (Å²) >= 11 is 0. The molecule has 0 saturated carbocycles. The topological polar surface area (TPSA) is 78.8 Å². The van der Waals surface area contributed by atoms with Gasteiger partial charge < -0.3 is 19.8 Å². The second kappa shape index (κ2) is 9.35. The number of nitrogens with one attached hydrogen (secondary N) is 2. The quantitative estimate of drug-likeness (QED) is 0.392. The van der Waals surface area contributed by atoms with Crippen molar-refractivity contribution in [2.75, 3.05) is 19.6 Å². The van der Waals surface area contributed by atoms with Gasteiger partial charge in [0.15, 0.2) is 0 Å². The number of benzene rings is 1. The Morgan fingerprint density at radius 1 is 1.18 bits per heavy atom. The van der Waals surface area contributed by atoms with E-state index >= 15 is 0 Å². The van der Waals surface area contributed by atoms with Crippen molar-refractivity contribution in [1.29, 1.82) is 0 Å². The van der Waals surface area contributed by atoms with Crippen LogP contribution in [0.1, 0.15) is 64.3 Å². The van der Waals surface area contributed by atoms with Crippen LogP contribution in [0.2, 0.25) is 0 Å². The van der Waals surface area contributed by atoms with E-state index in [0.29, 0.717) is 17.9 Å². The Balaban J connectivity index is 1.21. The number of aromatic amines is 1. The second-order valence-corrected chi connectivity index (χ2v) is 11.2. The SMILES string of the molecule is Cc1cc(C#CC23CCN(CC2)CC3)cc(C(=O)NC(c2cc3ccccc3[nH]2)c2ncc3n2C[C@@H](F)C3)n1. The molecule has 8 heteroatoms. The molecule has 3 aromatic heterocycles. The van der Waals surface area contributed by atoms with Crippen LogP contribution < -0.4 is 5.32 Å². The number of para-hydroxylation sites is 1. The summed E-state index contributed by atoms with van der Waals surface area (Å²) in [5, 5.41) is 4.18. The van der Waals surface area contributed by atoms with Crippen LogP contribution in [0.15, 0.2) is 48.7 Å². The number of carbonyl (C=O) groups is 1. The number of aromatic nitrogens is 4. The van der Waals surface area contributed by atoms with E-state index in [1.807, 2.05) is 47.9 Å². The van der Waals surface area contributed by atoms with E-state index in [0.717, 1.165) is 72.4 Å². The number of alkyl halides is 1. The number of fused-ring (bicyclic) bond motifs is 5. The maximum absolute atomic E-state index is 14.3. The number of imidazole rings is 1. The summed E-state index contributed by atoms with van der Waals surface area (Å²) in [6, 6.07) is 13.1. The zero-order chi connectivity index (χ0) is 26.6. The summed E-state index contributed by atoms with van der Waals surface area (Å²) in [7, 11) is 0. The van der Waals surface area contributed by atoms with Crippen LogP contribution in [0.5, 0.6) is 0 Å². The first-order valence-electron chi connectivity index (χ1n) is 13.8. The van der Waals surface area contributed by atoms with Gasteiger partial charge in [-0.3, -0.25) is 4.79 Å². The third-order valence-corrected chi connectivity index (χ3v) is 8.55. The number of H-pyrrole nitrogens is 1. The van der Waals surface area contributed by atoms with Crippen LogP contribution in [-0.2, 0) is 13.0 Å². The predicted molar refractivity (Wildman–Crippen MR) is 147 cm³/mol. The number of amides is 1. The number of carbonyl (C=O) groups excluding carboxylic acids is 1. The molecule has 3 fully saturated rings. The standard InChI is InChI=1S/C31H31FN6O/c1-20-14-21(6-7-31-8-11-37(12-9-31)13-10-31)15-27(34-20)30(39)36-28(26-16-22-4-2-3-5-25(22)35-26)29-33-18-24-17-23(32)19-38(24)29/h2-5,14-16,18,23,28,35H,8-13,17,19H2,1H3,(H,36,39)/t23-,28?/m0/s1. The molecule has 1 aromatic carbocycles. The van der Waals surface area contributed by atoms with Crippen LogP contribution in [0.25, 0.3) is 10.9 Å². The maximum Gasteiger partial charge on any atom is 0.270 e. The Labute approximate surface area is 226 Å². The van der Waals surface area contributed by atoms with Gasteiger partial charge in [0, 0.05) is 46.2 Å². The fourth-order valence-corrected chi connectivity index (χ4v) is 6.33. The molecular weight excluding hydrogens is 491 g/mol. The Morgan fingerprint density at radius 3 is 2.77 bits per heavy atom. The molecule has 2 bridgehead atoms. The zero-order valence-electron chi connectivity index (χ0n) is 22.0. The number of hydrogen-bond donors (Lipinski definition) is 2. The molecule has 2 atom stereocenters. The smallest absolute Gasteiger partial charge is 0.270 e. The van der Waals surface area contributed by atoms with Crippen molar-refractivity contribution in [1.82, 2.24) is 29.7 Å². The van der Waals surface area contributed by atoms with Gasteiger partial charge in [-0.2, -0.15) is 0 Å². The minimum absolute atomic E-state index is 0.0877. The van der Waals surface area contributed by atoms with Gasteiger partial charge in [-0.05, 0) is 75.5 Å². The first kappa shape index (κ1) is 24.1. The Kier molecular flexibility index (Phi) is 5.78. The lowest BCUT2D eigenvalue weighted by molar-refractivity contribution is 0.0680. The average molecular weight is 523 g/mol. The van der Waals surface area contributed by atoms with Crippen molar-refractivity contribution in [2.24, 2.45) is 5.41 Å². The van der Waals surface area contributed by atoms with Gasteiger partial charge in [0.1, 0.15) is 23.7 Å². The van der Waals surface area contributed by atoms with Crippen LogP contribution in [0, 0.1) is 24.2 Å². The van der Waals surface area contributed by atoms with Crippen LogP contribution in [0.3, 0.4) is 0 Å². The highest BCUT2D eigenvalue weighted by Crippen LogP contribution is 2.39. The molecule has 39 heavy (non-hydrogen) atoms. The van der Waals surface area contributed by atoms with E-state index in [4.69, 9.17) is 0 Å². The number of piperidine rings is 3. The summed E-state index contributed by atoms with van der Waals surface area (Å²) in [6.45, 7) is 5.48. The van der Waals surface area contributed by atoms with Gasteiger partial charge in [0.05, 0.1) is 6.54 Å². The number of pyridine rings is 1. The lowest BCUT2D eigenvalue weighted by Crippen LogP contribution is -2.47. The first-order valence-corrected chi connectivity index (χ1v) is 13.8. The highest BCUT2D eigenvalue weighted by Gasteiger charge is 2.38. The first-order chi connectivity index (χ1) is 18.9. The highest BCUT2D eigenvalue weighted by molar-refractivity contribution is 5.93. The van der Waals surface area contributed by atoms with Crippen LogP contribution in [-0.4, -0.2) is 56.1 Å². The third kappa shape index (κ3) is 4.51. The van der Waals surface area contributed by atoms with Gasteiger partial charge >= 0.3 is 0 Å². The van der Waals surface area contributed by atoms with E-state index in [1.165, 1.54) is 0 Å². The lowest BCUT2D eigenvalue weighted by Gasteiger charge is -2.45. The summed E-state index contributed by atoms with van der Waals surface area (Å²) in [4.78, 5) is 28.8. The minimum atomic E-state index is -0.948. The molecule has 198 valence electrons. The molecule has 2 N–H and O–H groups in total. The van der Waals surface area contributed by atoms with E-state index < -0.39 is 12.2 Å². The molecule has 4 aromatic rings. The molecule has 7 nitrogen and oxygen atoms in total. The molecule has 1 unspecified atom stereocenters. The fraction of sp³-hybridized carbons (Fsp3) is 0.387. The summed E-state index contributed by atoms with van der Waals surface area (Å²) in [5.74, 6) is 7.26. The Morgan fingerprint density at radius 2 is 1.97 bits per heavy atom. The van der Waals surface area contributed by atoms with Gasteiger partial charge in [-0.15, -0.1) is 0 Å². The number of nitrogens with zero attached hydrogens (tertiary/aromatic N) is 4. The lowest BCUT2D eigenvalue weighted by atomic mass is 9.72. The monoisotopic (exact) mass is 522 g/mol. The van der Waals surface area contributed by atoms with Crippen molar-refractivity contribution in [3.05, 3.63) is 82.8 Å². The third-order valence-electron chi connectivity index (χ3n) is 8.55. The predicted octanol–water partition coefficient (Wildman–Crippen LogP) is 4.32. The Bertz CT molecular complexity index is 1590. The van der Waals surface area contributed by atoms with Crippen molar-refractivity contribution < 1.29 is 9.18 Å². The van der Waals surface area contributed by atoms with Gasteiger partial charge in [0.25, 0.3) is 5.91 Å². The fourth-order valence-electron chi connectivity index (χ4n) is 6.33. The average Bonchev–Trinajstić information content (AvgIpc) is 3.65. The molecule has 8 rings (SSSR count). The van der Waals surface area contributed by atoms with E-state index in [2.05, 4.69) is 37.0 Å². The van der Waals surface area contributed by atoms with E-state index in [1.54, 1.807) is 12.3 Å². The molecule has 4 aliphatic heterocycles. The van der Waals surface area contributed by atoms with Crippen molar-refractivity contribution >= 4 is 16.8 Å². The Hall–Kier alpha value is -3.96. The molecule has 3 saturated heterocycles. The molecule has 4 aliphatic rings. The van der Waals surface area contributed by atoms with Gasteiger partial charge in [-0.25, -0.2) is 14.4 Å². The number of aryl methyl sites for hydroxylation is 1. The van der Waals surface area contributed by atoms with Crippen molar-refractivity contribution in [2.45, 2.75) is 51.4 Å². The summed E-state index contributed by atoms with van der Waals surface area (Å²) in [5.41, 5.74) is 4.54. The van der Waals surface area contributed by atoms with Crippen molar-refractivity contribution in [3.8, 4) is 11.8 Å². The van der Waals surface area contributed by atoms with Crippen LogP contribution >= 0.6 is 0 Å². The molecule has 1 amide bonds. The highest BCUT2D eigenvalue weighted by atomic mass is 19.1. The largest absolute Gasteiger partial charge is 0.356 e. The summed E-state index contributed by atoms with van der Waals surface area (Å²) in [6.07, 6.45) is 4.43. The normalized spacial score (nSPS) is 24.3. The molecule has 7 heterocycles. The maximum atomic E-state index is 14.3. The molecule has 0 spiro atoms. The van der Waals surface area contributed by atoms with E-state index in [9.17, 15) is 9.18 Å². The molecular formula is C31H31FN6O. The van der Waals surface area contributed by atoms with Crippen LogP contribution in [0.4, 0.5) is 4.39 Å². The van der Waals surface area contributed by atoms with Gasteiger partial charge in [0.2, 0.25) is 0 Å². The minimum Gasteiger partial charge on any atom is -0.356 e. The zero-order valence-corrected chi connectivity index (χ0v) is 22.0. The van der Waals surface area contributed by atoms with Gasteiger partial charge in [-0.1, -0.05) is 30.0 Å². The van der Waals surface area contributed by atoms with Crippen molar-refractivity contribution in [3.63, 3.8) is 0 Å². The summed E-state index contributed by atoms with van der Waals surface area (Å²) < 4.78 is 16.2. The second-order valence-electron chi connectivity index (χ2n) is 11.2. The number of hydrogen-bond acceptors (Lipinski definition) is 4. The number of rotatable bonds is 4. The van der Waals surface area contributed by atoms with E-state index in [-0.39, 0.29) is 17.9 Å². The number of halogens is 1. The molecule has 0 radical (unpaired) electrons. The molecule has 0 aliphatic carbocycles.